The number of nitrogens with two attached hydrogens (primary N) is 1. The van der Waals surface area contributed by atoms with E-state index in [9.17, 15) is 0 Å². The first-order chi connectivity index (χ1) is 10.2. The minimum Gasteiger partial charge on any atom is -0.497 e. The normalized spacial score (nSPS) is 11.0. The molecular weight excluding hydrogens is 262 g/mol. The van der Waals surface area contributed by atoms with Crippen LogP contribution in [-0.2, 0) is 6.42 Å². The van der Waals surface area contributed by atoms with Crippen molar-refractivity contribution in [1.29, 1.82) is 0 Å². The third-order valence-electron chi connectivity index (χ3n) is 3.61. The first-order valence-corrected chi connectivity index (χ1v) is 7.05. The molecule has 0 bridgehead atoms. The second kappa shape index (κ2) is 5.58. The van der Waals surface area contributed by atoms with Gasteiger partial charge in [0.25, 0.3) is 0 Å². The van der Waals surface area contributed by atoms with Gasteiger partial charge in [0.2, 0.25) is 0 Å². The number of aromatic nitrogens is 2. The highest BCUT2D eigenvalue weighted by Crippen LogP contribution is 2.26. The monoisotopic (exact) mass is 281 g/mol. The van der Waals surface area contributed by atoms with Crippen molar-refractivity contribution >= 4 is 5.65 Å². The Labute approximate surface area is 124 Å². The average molecular weight is 281 g/mol. The number of rotatable bonds is 4. The third-order valence-corrected chi connectivity index (χ3v) is 3.61. The Balaban J connectivity index is 2.17. The van der Waals surface area contributed by atoms with Gasteiger partial charge < -0.3 is 14.9 Å². The second-order valence-corrected chi connectivity index (χ2v) is 5.11. The molecule has 0 amide bonds. The molecule has 0 aliphatic heterocycles. The average Bonchev–Trinajstić information content (AvgIpc) is 2.86. The van der Waals surface area contributed by atoms with Crippen molar-refractivity contribution in [3.63, 3.8) is 0 Å². The van der Waals surface area contributed by atoms with Gasteiger partial charge in [-0.1, -0.05) is 6.07 Å². The molecule has 0 radical (unpaired) electrons. The van der Waals surface area contributed by atoms with Crippen LogP contribution in [0.3, 0.4) is 0 Å². The summed E-state index contributed by atoms with van der Waals surface area (Å²) < 4.78 is 7.35. The van der Waals surface area contributed by atoms with Crippen molar-refractivity contribution < 1.29 is 4.74 Å². The fraction of sp³-hybridized carbons (Fsp3) is 0.235. The summed E-state index contributed by atoms with van der Waals surface area (Å²) in [4.78, 5) is 4.76. The van der Waals surface area contributed by atoms with E-state index < -0.39 is 0 Å². The molecule has 1 aromatic carbocycles. The van der Waals surface area contributed by atoms with E-state index in [1.165, 1.54) is 5.56 Å². The van der Waals surface area contributed by atoms with Crippen LogP contribution in [0.5, 0.6) is 5.75 Å². The number of pyridine rings is 1. The zero-order valence-corrected chi connectivity index (χ0v) is 12.3. The number of hydrogen-bond acceptors (Lipinski definition) is 3. The molecule has 2 N–H and O–H groups in total. The largest absolute Gasteiger partial charge is 0.497 e. The molecule has 0 saturated heterocycles. The van der Waals surface area contributed by atoms with E-state index >= 15 is 0 Å². The van der Waals surface area contributed by atoms with Crippen LogP contribution in [0.4, 0.5) is 0 Å². The molecule has 4 heteroatoms. The Morgan fingerprint density at radius 3 is 2.57 bits per heavy atom. The van der Waals surface area contributed by atoms with E-state index in [0.29, 0.717) is 6.54 Å². The van der Waals surface area contributed by atoms with Gasteiger partial charge in [-0.05, 0) is 49.4 Å². The molecule has 2 heterocycles. The van der Waals surface area contributed by atoms with Gasteiger partial charge in [-0.25, -0.2) is 4.98 Å². The highest BCUT2D eigenvalue weighted by molar-refractivity contribution is 5.67. The van der Waals surface area contributed by atoms with Crippen LogP contribution in [0.1, 0.15) is 11.3 Å². The molecule has 0 aliphatic rings. The minimum atomic E-state index is 0.602. The van der Waals surface area contributed by atoms with E-state index in [-0.39, 0.29) is 0 Å². The molecule has 0 saturated carbocycles. The Hall–Kier alpha value is -2.33. The number of fused-ring (bicyclic) bond motifs is 1. The number of hydrogen-bond donors (Lipinski definition) is 1. The van der Waals surface area contributed by atoms with Crippen LogP contribution < -0.4 is 10.5 Å². The molecule has 3 aromatic rings. The van der Waals surface area contributed by atoms with Crippen molar-refractivity contribution in [3.05, 3.63) is 53.9 Å². The Morgan fingerprint density at radius 1 is 1.14 bits per heavy atom. The fourth-order valence-corrected chi connectivity index (χ4v) is 2.56. The second-order valence-electron chi connectivity index (χ2n) is 5.11. The van der Waals surface area contributed by atoms with E-state index in [2.05, 4.69) is 23.6 Å². The topological polar surface area (TPSA) is 52.5 Å². The SMILES string of the molecule is COc1ccc(-c2nc3ccc(C)cn3c2CCN)cc1. The summed E-state index contributed by atoms with van der Waals surface area (Å²) in [6.45, 7) is 2.68. The van der Waals surface area contributed by atoms with Crippen molar-refractivity contribution in [1.82, 2.24) is 9.38 Å². The van der Waals surface area contributed by atoms with Crippen molar-refractivity contribution in [3.8, 4) is 17.0 Å². The molecule has 0 aliphatic carbocycles. The van der Waals surface area contributed by atoms with Gasteiger partial charge in [-0.3, -0.25) is 0 Å². The molecule has 21 heavy (non-hydrogen) atoms. The summed E-state index contributed by atoms with van der Waals surface area (Å²) in [5.74, 6) is 0.846. The van der Waals surface area contributed by atoms with Crippen LogP contribution in [0.15, 0.2) is 42.6 Å². The Bertz CT molecular complexity index is 760. The highest BCUT2D eigenvalue weighted by atomic mass is 16.5. The number of methoxy groups -OCH3 is 1. The maximum Gasteiger partial charge on any atom is 0.137 e. The Kier molecular flexibility index (Phi) is 3.62. The maximum atomic E-state index is 5.78. The molecule has 3 rings (SSSR count). The van der Waals surface area contributed by atoms with E-state index in [1.807, 2.05) is 30.3 Å². The van der Waals surface area contributed by atoms with E-state index in [0.717, 1.165) is 34.8 Å². The van der Waals surface area contributed by atoms with Gasteiger partial charge in [0, 0.05) is 18.2 Å². The first kappa shape index (κ1) is 13.6. The predicted molar refractivity (Wildman–Crippen MR) is 84.7 cm³/mol. The number of benzene rings is 1. The molecule has 0 spiro atoms. The number of aryl methyl sites for hydroxylation is 1. The molecule has 0 atom stereocenters. The smallest absolute Gasteiger partial charge is 0.137 e. The summed E-state index contributed by atoms with van der Waals surface area (Å²) in [7, 11) is 1.67. The third kappa shape index (κ3) is 2.50. The standard InChI is InChI=1S/C17H19N3O/c1-12-3-8-16-19-17(15(9-10-18)20(16)11-12)13-4-6-14(21-2)7-5-13/h3-8,11H,9-10,18H2,1-2H3. The molecule has 0 fully saturated rings. The Morgan fingerprint density at radius 2 is 1.90 bits per heavy atom. The van der Waals surface area contributed by atoms with Gasteiger partial charge in [-0.2, -0.15) is 0 Å². The van der Waals surface area contributed by atoms with Crippen molar-refractivity contribution in [2.75, 3.05) is 13.7 Å². The molecule has 108 valence electrons. The number of imidazole rings is 1. The molecule has 0 unspecified atom stereocenters. The number of ether oxygens (including phenoxy) is 1. The van der Waals surface area contributed by atoms with Crippen LogP contribution in [0.2, 0.25) is 0 Å². The lowest BCUT2D eigenvalue weighted by molar-refractivity contribution is 0.415. The number of nitrogens with zero attached hydrogens (tertiary/aromatic N) is 2. The zero-order chi connectivity index (χ0) is 14.8. The van der Waals surface area contributed by atoms with Crippen molar-refractivity contribution in [2.24, 2.45) is 5.73 Å². The maximum absolute atomic E-state index is 5.78. The predicted octanol–water partition coefficient (Wildman–Crippen LogP) is 2.82. The van der Waals surface area contributed by atoms with Gasteiger partial charge in [0.15, 0.2) is 0 Å². The van der Waals surface area contributed by atoms with Crippen LogP contribution in [0, 0.1) is 6.92 Å². The first-order valence-electron chi connectivity index (χ1n) is 7.05. The van der Waals surface area contributed by atoms with Gasteiger partial charge in [0.1, 0.15) is 11.4 Å². The lowest BCUT2D eigenvalue weighted by Gasteiger charge is -2.05. The van der Waals surface area contributed by atoms with Crippen LogP contribution in [0.25, 0.3) is 16.9 Å². The highest BCUT2D eigenvalue weighted by Gasteiger charge is 2.13. The van der Waals surface area contributed by atoms with E-state index in [4.69, 9.17) is 15.5 Å². The summed E-state index contributed by atoms with van der Waals surface area (Å²) in [5, 5.41) is 0. The summed E-state index contributed by atoms with van der Waals surface area (Å²) in [6.07, 6.45) is 2.91. The van der Waals surface area contributed by atoms with Crippen LogP contribution in [-0.4, -0.2) is 23.0 Å². The molecule has 2 aromatic heterocycles. The molecular formula is C17H19N3O. The van der Waals surface area contributed by atoms with Crippen molar-refractivity contribution in [2.45, 2.75) is 13.3 Å². The van der Waals surface area contributed by atoms with Crippen LogP contribution >= 0.6 is 0 Å². The van der Waals surface area contributed by atoms with E-state index in [1.54, 1.807) is 7.11 Å². The zero-order valence-electron chi connectivity index (χ0n) is 12.3. The van der Waals surface area contributed by atoms with Gasteiger partial charge in [0.05, 0.1) is 18.5 Å². The molecule has 4 nitrogen and oxygen atoms in total. The quantitative estimate of drug-likeness (QED) is 0.800. The van der Waals surface area contributed by atoms with Gasteiger partial charge >= 0.3 is 0 Å². The summed E-state index contributed by atoms with van der Waals surface area (Å²) in [5.41, 5.74) is 11.2. The summed E-state index contributed by atoms with van der Waals surface area (Å²) in [6, 6.07) is 12.1. The van der Waals surface area contributed by atoms with Gasteiger partial charge in [-0.15, -0.1) is 0 Å². The minimum absolute atomic E-state index is 0.602. The summed E-state index contributed by atoms with van der Waals surface area (Å²) >= 11 is 0. The fourth-order valence-electron chi connectivity index (χ4n) is 2.56. The lowest BCUT2D eigenvalue weighted by atomic mass is 10.1. The lowest BCUT2D eigenvalue weighted by Crippen LogP contribution is -2.06.